The number of carbonyl (C=O) groups excluding carboxylic acids is 3. The largest absolute Gasteiger partial charge is 0.347 e. The summed E-state index contributed by atoms with van der Waals surface area (Å²) in [6, 6.07) is -0.646. The summed E-state index contributed by atoms with van der Waals surface area (Å²) < 4.78 is 0. The standard InChI is InChI=1S/C13H18N4O3S/c1-9(18)16-4-5-17(10(7-16)12(19)15(2)3)13(20)11-6-14-8-21-11/h6,8,10H,4-5,7H2,1-3H3/t10-/m0/s1. The van der Waals surface area contributed by atoms with Crippen LogP contribution in [0.2, 0.25) is 0 Å². The number of hydrogen-bond acceptors (Lipinski definition) is 5. The second-order valence-corrected chi connectivity index (χ2v) is 5.96. The molecule has 21 heavy (non-hydrogen) atoms. The predicted molar refractivity (Wildman–Crippen MR) is 77.9 cm³/mol. The van der Waals surface area contributed by atoms with E-state index in [0.717, 1.165) is 0 Å². The highest BCUT2D eigenvalue weighted by atomic mass is 32.1. The van der Waals surface area contributed by atoms with Gasteiger partial charge in [-0.3, -0.25) is 19.4 Å². The Morgan fingerprint density at radius 2 is 2.05 bits per heavy atom. The second kappa shape index (κ2) is 6.21. The van der Waals surface area contributed by atoms with Crippen molar-refractivity contribution in [3.63, 3.8) is 0 Å². The summed E-state index contributed by atoms with van der Waals surface area (Å²) in [5.74, 6) is -0.476. The third-order valence-corrected chi connectivity index (χ3v) is 4.22. The van der Waals surface area contributed by atoms with E-state index in [1.54, 1.807) is 24.5 Å². The van der Waals surface area contributed by atoms with Crippen LogP contribution in [0.15, 0.2) is 11.7 Å². The van der Waals surface area contributed by atoms with Gasteiger partial charge >= 0.3 is 0 Å². The lowest BCUT2D eigenvalue weighted by Crippen LogP contribution is -2.61. The van der Waals surface area contributed by atoms with Crippen molar-refractivity contribution in [3.05, 3.63) is 16.6 Å². The minimum Gasteiger partial charge on any atom is -0.347 e. The molecular weight excluding hydrogens is 292 g/mol. The summed E-state index contributed by atoms with van der Waals surface area (Å²) in [7, 11) is 3.29. The van der Waals surface area contributed by atoms with Crippen molar-refractivity contribution in [1.29, 1.82) is 0 Å². The molecule has 0 bridgehead atoms. The van der Waals surface area contributed by atoms with Crippen molar-refractivity contribution in [2.24, 2.45) is 0 Å². The Morgan fingerprint density at radius 1 is 1.33 bits per heavy atom. The lowest BCUT2D eigenvalue weighted by molar-refractivity contribution is -0.139. The van der Waals surface area contributed by atoms with Crippen molar-refractivity contribution in [2.75, 3.05) is 33.7 Å². The molecule has 2 heterocycles. The lowest BCUT2D eigenvalue weighted by atomic mass is 10.1. The van der Waals surface area contributed by atoms with Crippen LogP contribution < -0.4 is 0 Å². The van der Waals surface area contributed by atoms with E-state index in [4.69, 9.17) is 0 Å². The zero-order valence-electron chi connectivity index (χ0n) is 12.3. The highest BCUT2D eigenvalue weighted by Gasteiger charge is 2.37. The van der Waals surface area contributed by atoms with Crippen LogP contribution in [-0.2, 0) is 9.59 Å². The quantitative estimate of drug-likeness (QED) is 0.765. The molecule has 2 rings (SSSR count). The van der Waals surface area contributed by atoms with Crippen LogP contribution in [0.1, 0.15) is 16.6 Å². The van der Waals surface area contributed by atoms with Crippen molar-refractivity contribution in [1.82, 2.24) is 19.7 Å². The first-order chi connectivity index (χ1) is 9.91. The van der Waals surface area contributed by atoms with Crippen LogP contribution in [0.3, 0.4) is 0 Å². The highest BCUT2D eigenvalue weighted by molar-refractivity contribution is 7.11. The first-order valence-corrected chi connectivity index (χ1v) is 7.46. The Labute approximate surface area is 127 Å². The number of likely N-dealkylation sites (N-methyl/N-ethyl adjacent to an activating group) is 1. The minimum absolute atomic E-state index is 0.0866. The summed E-state index contributed by atoms with van der Waals surface area (Å²) >= 11 is 1.25. The summed E-state index contributed by atoms with van der Waals surface area (Å²) in [6.07, 6.45) is 1.50. The molecule has 1 aliphatic heterocycles. The monoisotopic (exact) mass is 310 g/mol. The average molecular weight is 310 g/mol. The Bertz CT molecular complexity index is 544. The Kier molecular flexibility index (Phi) is 4.56. The average Bonchev–Trinajstić information content (AvgIpc) is 2.99. The molecular formula is C13H18N4O3S. The number of nitrogens with zero attached hydrogens (tertiary/aromatic N) is 4. The number of aromatic nitrogens is 1. The first-order valence-electron chi connectivity index (χ1n) is 6.58. The number of carbonyl (C=O) groups is 3. The number of amides is 3. The fraction of sp³-hybridized carbons (Fsp3) is 0.538. The van der Waals surface area contributed by atoms with E-state index in [2.05, 4.69) is 4.98 Å². The van der Waals surface area contributed by atoms with Gasteiger partial charge in [-0.2, -0.15) is 0 Å². The zero-order chi connectivity index (χ0) is 15.6. The summed E-state index contributed by atoms with van der Waals surface area (Å²) in [4.78, 5) is 45.3. The highest BCUT2D eigenvalue weighted by Crippen LogP contribution is 2.18. The normalized spacial score (nSPS) is 18.5. The molecule has 7 nitrogen and oxygen atoms in total. The van der Waals surface area contributed by atoms with Gasteiger partial charge in [-0.15, -0.1) is 11.3 Å². The molecule has 0 aliphatic carbocycles. The van der Waals surface area contributed by atoms with Gasteiger partial charge in [0.2, 0.25) is 11.8 Å². The molecule has 1 saturated heterocycles. The molecule has 1 atom stereocenters. The van der Waals surface area contributed by atoms with E-state index in [0.29, 0.717) is 18.0 Å². The Morgan fingerprint density at radius 3 is 2.57 bits per heavy atom. The molecule has 8 heteroatoms. The van der Waals surface area contributed by atoms with Crippen molar-refractivity contribution < 1.29 is 14.4 Å². The smallest absolute Gasteiger partial charge is 0.266 e. The van der Waals surface area contributed by atoms with Crippen molar-refractivity contribution in [3.8, 4) is 0 Å². The fourth-order valence-corrected chi connectivity index (χ4v) is 2.86. The van der Waals surface area contributed by atoms with Crippen LogP contribution >= 0.6 is 11.3 Å². The molecule has 0 spiro atoms. The predicted octanol–water partition coefficient (Wildman–Crippen LogP) is -0.0958. The van der Waals surface area contributed by atoms with E-state index in [9.17, 15) is 14.4 Å². The fourth-order valence-electron chi connectivity index (χ4n) is 2.28. The summed E-state index contributed by atoms with van der Waals surface area (Å²) in [6.45, 7) is 2.49. The van der Waals surface area contributed by atoms with Gasteiger partial charge in [0.05, 0.1) is 18.3 Å². The second-order valence-electron chi connectivity index (χ2n) is 5.08. The number of thiazole rings is 1. The van der Waals surface area contributed by atoms with Crippen LogP contribution in [0.25, 0.3) is 0 Å². The maximum Gasteiger partial charge on any atom is 0.266 e. The van der Waals surface area contributed by atoms with Crippen molar-refractivity contribution >= 4 is 29.1 Å². The number of rotatable bonds is 2. The summed E-state index contributed by atoms with van der Waals surface area (Å²) in [5.41, 5.74) is 1.59. The molecule has 0 unspecified atom stereocenters. The lowest BCUT2D eigenvalue weighted by Gasteiger charge is -2.40. The molecule has 0 N–H and O–H groups in total. The molecule has 1 aromatic heterocycles. The van der Waals surface area contributed by atoms with Crippen LogP contribution in [0.5, 0.6) is 0 Å². The van der Waals surface area contributed by atoms with Crippen LogP contribution in [0, 0.1) is 0 Å². The SMILES string of the molecule is CC(=O)N1CCN(C(=O)c2cncs2)[C@H](C(=O)N(C)C)C1. The molecule has 1 aromatic rings. The summed E-state index contributed by atoms with van der Waals surface area (Å²) in [5, 5.41) is 0. The van der Waals surface area contributed by atoms with Gasteiger partial charge < -0.3 is 14.7 Å². The topological polar surface area (TPSA) is 73.8 Å². The Balaban J connectivity index is 2.24. The van der Waals surface area contributed by atoms with Gasteiger partial charge in [-0.05, 0) is 0 Å². The van der Waals surface area contributed by atoms with E-state index in [-0.39, 0.29) is 24.3 Å². The third kappa shape index (κ3) is 3.21. The number of piperazine rings is 1. The van der Waals surface area contributed by atoms with Gasteiger partial charge in [0.1, 0.15) is 10.9 Å². The van der Waals surface area contributed by atoms with Crippen LogP contribution in [0.4, 0.5) is 0 Å². The maximum absolute atomic E-state index is 12.5. The Hall–Kier alpha value is -1.96. The number of hydrogen-bond donors (Lipinski definition) is 0. The first kappa shape index (κ1) is 15.4. The van der Waals surface area contributed by atoms with Gasteiger partial charge in [0, 0.05) is 34.1 Å². The van der Waals surface area contributed by atoms with Gasteiger partial charge in [0.15, 0.2) is 0 Å². The molecule has 114 valence electrons. The van der Waals surface area contributed by atoms with E-state index < -0.39 is 6.04 Å². The van der Waals surface area contributed by atoms with Crippen molar-refractivity contribution in [2.45, 2.75) is 13.0 Å². The molecule has 0 saturated carbocycles. The van der Waals surface area contributed by atoms with E-state index in [1.165, 1.54) is 34.3 Å². The molecule has 0 aromatic carbocycles. The molecule has 0 radical (unpaired) electrons. The molecule has 3 amide bonds. The molecule has 1 fully saturated rings. The third-order valence-electron chi connectivity index (χ3n) is 3.46. The zero-order valence-corrected chi connectivity index (χ0v) is 13.1. The van der Waals surface area contributed by atoms with Crippen LogP contribution in [-0.4, -0.2) is 77.2 Å². The van der Waals surface area contributed by atoms with Gasteiger partial charge in [0.25, 0.3) is 5.91 Å². The minimum atomic E-state index is -0.646. The van der Waals surface area contributed by atoms with E-state index >= 15 is 0 Å². The molecule has 1 aliphatic rings. The maximum atomic E-state index is 12.5. The van der Waals surface area contributed by atoms with E-state index in [1.807, 2.05) is 0 Å². The van der Waals surface area contributed by atoms with Gasteiger partial charge in [-0.25, -0.2) is 0 Å². The van der Waals surface area contributed by atoms with Gasteiger partial charge in [-0.1, -0.05) is 0 Å².